The summed E-state index contributed by atoms with van der Waals surface area (Å²) in [7, 11) is 3.13. The normalized spacial score (nSPS) is 10.6. The van der Waals surface area contributed by atoms with Gasteiger partial charge in [0.25, 0.3) is 5.91 Å². The molecular formula is C26H24FN3O4. The van der Waals surface area contributed by atoms with Crippen molar-refractivity contribution in [3.63, 3.8) is 0 Å². The summed E-state index contributed by atoms with van der Waals surface area (Å²) in [5.74, 6) is 0.978. The smallest absolute Gasteiger partial charge is 0.272 e. The van der Waals surface area contributed by atoms with Crippen LogP contribution in [0.4, 0.5) is 4.39 Å². The number of nitrogens with one attached hydrogen (secondary N) is 1. The van der Waals surface area contributed by atoms with Gasteiger partial charge in [-0.05, 0) is 54.1 Å². The van der Waals surface area contributed by atoms with E-state index in [1.54, 1.807) is 37.2 Å². The second kappa shape index (κ2) is 10.5. The van der Waals surface area contributed by atoms with Crippen molar-refractivity contribution in [3.05, 3.63) is 90.5 Å². The minimum atomic E-state index is -0.345. The fourth-order valence-corrected chi connectivity index (χ4v) is 3.42. The van der Waals surface area contributed by atoms with Gasteiger partial charge in [-0.2, -0.15) is 5.10 Å². The Hall–Kier alpha value is -4.33. The van der Waals surface area contributed by atoms with Crippen LogP contribution in [0, 0.1) is 5.82 Å². The molecule has 1 amide bonds. The lowest BCUT2D eigenvalue weighted by atomic mass is 10.1. The van der Waals surface area contributed by atoms with Gasteiger partial charge in [-0.25, -0.2) is 9.07 Å². The van der Waals surface area contributed by atoms with Gasteiger partial charge in [0.2, 0.25) is 0 Å². The molecule has 34 heavy (non-hydrogen) atoms. The van der Waals surface area contributed by atoms with Gasteiger partial charge in [-0.3, -0.25) is 4.79 Å². The van der Waals surface area contributed by atoms with Crippen molar-refractivity contribution < 1.29 is 23.4 Å². The van der Waals surface area contributed by atoms with Crippen molar-refractivity contribution in [2.75, 3.05) is 27.4 Å². The molecule has 0 aliphatic carbocycles. The average molecular weight is 461 g/mol. The maximum atomic E-state index is 13.1. The molecule has 1 aromatic heterocycles. The Morgan fingerprint density at radius 2 is 1.71 bits per heavy atom. The molecule has 0 radical (unpaired) electrons. The Kier molecular flexibility index (Phi) is 7.07. The van der Waals surface area contributed by atoms with E-state index in [1.807, 2.05) is 36.4 Å². The average Bonchev–Trinajstić information content (AvgIpc) is 3.33. The third-order valence-corrected chi connectivity index (χ3v) is 5.11. The molecule has 1 heterocycles. The summed E-state index contributed by atoms with van der Waals surface area (Å²) < 4.78 is 31.0. The fourth-order valence-electron chi connectivity index (χ4n) is 3.42. The summed E-state index contributed by atoms with van der Waals surface area (Å²) in [6, 6.07) is 20.7. The number of amides is 1. The van der Waals surface area contributed by atoms with Crippen molar-refractivity contribution in [2.24, 2.45) is 0 Å². The van der Waals surface area contributed by atoms with Crippen LogP contribution in [0.2, 0.25) is 0 Å². The third kappa shape index (κ3) is 5.17. The molecular weight excluding hydrogens is 437 g/mol. The van der Waals surface area contributed by atoms with E-state index in [1.165, 1.54) is 24.3 Å². The van der Waals surface area contributed by atoms with Crippen LogP contribution >= 0.6 is 0 Å². The van der Waals surface area contributed by atoms with E-state index in [4.69, 9.17) is 14.2 Å². The summed E-state index contributed by atoms with van der Waals surface area (Å²) in [4.78, 5) is 13.1. The van der Waals surface area contributed by atoms with E-state index in [0.717, 1.165) is 11.3 Å². The summed E-state index contributed by atoms with van der Waals surface area (Å²) in [5, 5.41) is 7.39. The molecule has 8 heteroatoms. The highest BCUT2D eigenvalue weighted by Gasteiger charge is 2.20. The summed E-state index contributed by atoms with van der Waals surface area (Å²) in [5.41, 5.74) is 2.48. The number of carbonyl (C=O) groups is 1. The summed E-state index contributed by atoms with van der Waals surface area (Å²) in [6.07, 6.45) is 1.81. The van der Waals surface area contributed by atoms with E-state index in [-0.39, 0.29) is 30.6 Å². The Labute approximate surface area is 196 Å². The molecule has 7 nitrogen and oxygen atoms in total. The maximum absolute atomic E-state index is 13.1. The van der Waals surface area contributed by atoms with Crippen LogP contribution in [0.25, 0.3) is 16.8 Å². The number of ether oxygens (including phenoxy) is 3. The van der Waals surface area contributed by atoms with Gasteiger partial charge in [-0.15, -0.1) is 0 Å². The van der Waals surface area contributed by atoms with Crippen LogP contribution < -0.4 is 19.5 Å². The van der Waals surface area contributed by atoms with Gasteiger partial charge >= 0.3 is 0 Å². The standard InChI is InChI=1S/C26H24FN3O4/c1-32-23-13-8-18(16-24(23)33-2)22-17-30(20-6-4-3-5-7-20)29-25(22)26(31)28-14-15-34-21-11-9-19(27)10-12-21/h3-13,16-17H,14-15H2,1-2H3,(H,28,31). The van der Waals surface area contributed by atoms with Crippen LogP contribution in [0.15, 0.2) is 79.0 Å². The van der Waals surface area contributed by atoms with Gasteiger partial charge in [0.05, 0.1) is 26.5 Å². The highest BCUT2D eigenvalue weighted by molar-refractivity contribution is 5.99. The van der Waals surface area contributed by atoms with Crippen LogP contribution in [-0.4, -0.2) is 43.1 Å². The van der Waals surface area contributed by atoms with Crippen molar-refractivity contribution in [2.45, 2.75) is 0 Å². The van der Waals surface area contributed by atoms with Crippen molar-refractivity contribution in [3.8, 4) is 34.1 Å². The largest absolute Gasteiger partial charge is 0.493 e. The van der Waals surface area contributed by atoms with Crippen molar-refractivity contribution in [1.82, 2.24) is 15.1 Å². The highest BCUT2D eigenvalue weighted by Crippen LogP contribution is 2.34. The number of rotatable bonds is 9. The number of para-hydroxylation sites is 1. The lowest BCUT2D eigenvalue weighted by molar-refractivity contribution is 0.0942. The predicted molar refractivity (Wildman–Crippen MR) is 126 cm³/mol. The van der Waals surface area contributed by atoms with Crippen LogP contribution in [-0.2, 0) is 0 Å². The van der Waals surface area contributed by atoms with E-state index in [9.17, 15) is 9.18 Å². The molecule has 0 spiro atoms. The van der Waals surface area contributed by atoms with E-state index in [2.05, 4.69) is 10.4 Å². The number of aromatic nitrogens is 2. The molecule has 4 rings (SSSR count). The lowest BCUT2D eigenvalue weighted by Gasteiger charge is -2.10. The Bertz CT molecular complexity index is 1260. The molecule has 174 valence electrons. The summed E-state index contributed by atoms with van der Waals surface area (Å²) in [6.45, 7) is 0.474. The zero-order valence-corrected chi connectivity index (χ0v) is 18.8. The zero-order chi connectivity index (χ0) is 23.9. The zero-order valence-electron chi connectivity index (χ0n) is 18.8. The minimum Gasteiger partial charge on any atom is -0.493 e. The Morgan fingerprint density at radius 1 is 0.971 bits per heavy atom. The number of halogens is 1. The Balaban J connectivity index is 1.56. The molecule has 0 aliphatic rings. The molecule has 1 N–H and O–H groups in total. The first-order chi connectivity index (χ1) is 16.6. The van der Waals surface area contributed by atoms with Gasteiger partial charge in [0.1, 0.15) is 18.2 Å². The van der Waals surface area contributed by atoms with Crippen LogP contribution in [0.1, 0.15) is 10.5 Å². The van der Waals surface area contributed by atoms with Gasteiger partial charge in [-0.1, -0.05) is 24.3 Å². The SMILES string of the molecule is COc1ccc(-c2cn(-c3ccccc3)nc2C(=O)NCCOc2ccc(F)cc2)cc1OC. The minimum absolute atomic E-state index is 0.225. The molecule has 0 unspecified atom stereocenters. The van der Waals surface area contributed by atoms with Gasteiger partial charge in [0, 0.05) is 11.8 Å². The van der Waals surface area contributed by atoms with E-state index >= 15 is 0 Å². The quantitative estimate of drug-likeness (QED) is 0.372. The lowest BCUT2D eigenvalue weighted by Crippen LogP contribution is -2.29. The van der Waals surface area contributed by atoms with Gasteiger partial charge < -0.3 is 19.5 Å². The number of benzene rings is 3. The first-order valence-corrected chi connectivity index (χ1v) is 10.6. The van der Waals surface area contributed by atoms with Crippen molar-refractivity contribution in [1.29, 1.82) is 0 Å². The van der Waals surface area contributed by atoms with Crippen LogP contribution in [0.3, 0.4) is 0 Å². The molecule has 0 fully saturated rings. The predicted octanol–water partition coefficient (Wildman–Crippen LogP) is 4.50. The van der Waals surface area contributed by atoms with Gasteiger partial charge in [0.15, 0.2) is 17.2 Å². The molecule has 3 aromatic carbocycles. The first-order valence-electron chi connectivity index (χ1n) is 10.6. The number of hydrogen-bond donors (Lipinski definition) is 1. The topological polar surface area (TPSA) is 74.6 Å². The first kappa shape index (κ1) is 22.8. The molecule has 0 saturated carbocycles. The van der Waals surface area contributed by atoms with Crippen LogP contribution in [0.5, 0.6) is 17.2 Å². The number of methoxy groups -OCH3 is 2. The number of hydrogen-bond acceptors (Lipinski definition) is 5. The number of carbonyl (C=O) groups excluding carboxylic acids is 1. The molecule has 0 bridgehead atoms. The van der Waals surface area contributed by atoms with Crippen molar-refractivity contribution >= 4 is 5.91 Å². The highest BCUT2D eigenvalue weighted by atomic mass is 19.1. The Morgan fingerprint density at radius 3 is 2.41 bits per heavy atom. The molecule has 0 atom stereocenters. The fraction of sp³-hybridized carbons (Fsp3) is 0.154. The summed E-state index contributed by atoms with van der Waals surface area (Å²) >= 11 is 0. The second-order valence-electron chi connectivity index (χ2n) is 7.30. The monoisotopic (exact) mass is 461 g/mol. The van der Waals surface area contributed by atoms with E-state index in [0.29, 0.717) is 22.8 Å². The second-order valence-corrected chi connectivity index (χ2v) is 7.30. The maximum Gasteiger partial charge on any atom is 0.272 e. The molecule has 4 aromatic rings. The molecule has 0 saturated heterocycles. The third-order valence-electron chi connectivity index (χ3n) is 5.11. The molecule has 0 aliphatic heterocycles. The van der Waals surface area contributed by atoms with E-state index < -0.39 is 0 Å². The number of nitrogens with zero attached hydrogens (tertiary/aromatic N) is 2.